The van der Waals surface area contributed by atoms with Crippen LogP contribution in [0, 0.1) is 0 Å². The summed E-state index contributed by atoms with van der Waals surface area (Å²) in [6.07, 6.45) is -10.3. The van der Waals surface area contributed by atoms with Crippen LogP contribution in [0.1, 0.15) is 25.8 Å². The van der Waals surface area contributed by atoms with Crippen LogP contribution in [0.2, 0.25) is 0 Å². The second-order valence-corrected chi connectivity index (χ2v) is 8.32. The summed E-state index contributed by atoms with van der Waals surface area (Å²) in [4.78, 5) is 0. The second-order valence-electron chi connectivity index (χ2n) is 8.32. The molecule has 0 aliphatic heterocycles. The summed E-state index contributed by atoms with van der Waals surface area (Å²) in [6.45, 7) is 1.10. The molecule has 0 saturated heterocycles. The maximum Gasteiger partial charge on any atom is 0.460 e. The first-order valence-electron chi connectivity index (χ1n) is 9.58. The molecule has 0 bridgehead atoms. The van der Waals surface area contributed by atoms with Gasteiger partial charge in [-0.05, 0) is 19.4 Å². The molecule has 0 amide bonds. The Bertz CT molecular complexity index is 918. The molecule has 0 aliphatic rings. The van der Waals surface area contributed by atoms with Crippen LogP contribution in [-0.4, -0.2) is 54.2 Å². The molecule has 1 rings (SSSR count). The van der Waals surface area contributed by atoms with Crippen molar-refractivity contribution in [1.82, 2.24) is 5.32 Å². The summed E-state index contributed by atoms with van der Waals surface area (Å²) in [5.41, 5.74) is -1.06. The van der Waals surface area contributed by atoms with E-state index < -0.39 is 66.1 Å². The second kappa shape index (κ2) is 9.32. The van der Waals surface area contributed by atoms with Gasteiger partial charge in [0.1, 0.15) is 0 Å². The largest absolute Gasteiger partial charge is 0.460 e. The highest BCUT2D eigenvalue weighted by molar-refractivity contribution is 5.22. The Kier molecular flexibility index (Phi) is 8.32. The lowest BCUT2D eigenvalue weighted by molar-refractivity contribution is -0.461. The fourth-order valence-corrected chi connectivity index (χ4v) is 2.84. The van der Waals surface area contributed by atoms with Crippen molar-refractivity contribution in [1.29, 1.82) is 0 Å². The molecule has 18 heteroatoms. The lowest BCUT2D eigenvalue weighted by atomic mass is 9.88. The zero-order valence-corrected chi connectivity index (χ0v) is 18.2. The van der Waals surface area contributed by atoms with Crippen LogP contribution in [0.3, 0.4) is 0 Å². The molecule has 0 fully saturated rings. The molecule has 1 nitrogen and oxygen atoms in total. The molecule has 0 aliphatic carbocycles. The Labute approximate surface area is 197 Å². The molecular weight excluding hydrogens is 565 g/mol. The SMILES string of the molecule is CC(C)(NCCC(F)(F)C(F)(F)C(F)(F)C(F)(F)C(F)(F)C(F)(F)C(F)(F)C(F)(F)F)c1ccccc1. The van der Waals surface area contributed by atoms with Crippen LogP contribution in [0.5, 0.6) is 0 Å². The minimum Gasteiger partial charge on any atom is -0.308 e. The summed E-state index contributed by atoms with van der Waals surface area (Å²) in [5.74, 6) is -56.2. The Morgan fingerprint density at radius 2 is 0.865 bits per heavy atom. The van der Waals surface area contributed by atoms with E-state index in [9.17, 15) is 74.6 Å². The van der Waals surface area contributed by atoms with Gasteiger partial charge in [0, 0.05) is 18.5 Å². The molecule has 0 unspecified atom stereocenters. The van der Waals surface area contributed by atoms with Crippen molar-refractivity contribution in [3.8, 4) is 0 Å². The lowest BCUT2D eigenvalue weighted by Gasteiger charge is -2.43. The summed E-state index contributed by atoms with van der Waals surface area (Å²) in [6, 6.07) is 7.13. The molecule has 216 valence electrons. The quantitative estimate of drug-likeness (QED) is 0.262. The van der Waals surface area contributed by atoms with Crippen molar-refractivity contribution in [2.24, 2.45) is 0 Å². The zero-order valence-electron chi connectivity index (χ0n) is 18.2. The minimum absolute atomic E-state index is 0.300. The molecule has 0 heterocycles. The van der Waals surface area contributed by atoms with E-state index in [1.807, 2.05) is 0 Å². The Balaban J connectivity index is 3.34. The molecule has 1 N–H and O–H groups in total. The maximum absolute atomic E-state index is 13.9. The number of benzene rings is 1. The zero-order chi connectivity index (χ0) is 29.7. The normalized spacial score (nSPS) is 15.8. The predicted molar refractivity (Wildman–Crippen MR) is 92.8 cm³/mol. The van der Waals surface area contributed by atoms with E-state index >= 15 is 0 Å². The highest BCUT2D eigenvalue weighted by atomic mass is 19.4. The molecule has 1 aromatic rings. The predicted octanol–water partition coefficient (Wildman–Crippen LogP) is 7.91. The number of hydrogen-bond donors (Lipinski definition) is 1. The summed E-state index contributed by atoms with van der Waals surface area (Å²) in [5, 5.41) is 2.15. The van der Waals surface area contributed by atoms with E-state index in [4.69, 9.17) is 0 Å². The van der Waals surface area contributed by atoms with Crippen LogP contribution in [0.15, 0.2) is 30.3 Å². The average molecular weight is 581 g/mol. The van der Waals surface area contributed by atoms with Crippen LogP contribution < -0.4 is 5.32 Å². The van der Waals surface area contributed by atoms with Crippen LogP contribution >= 0.6 is 0 Å². The van der Waals surface area contributed by atoms with Crippen molar-refractivity contribution < 1.29 is 74.6 Å². The van der Waals surface area contributed by atoms with Gasteiger partial charge in [-0.1, -0.05) is 30.3 Å². The lowest BCUT2D eigenvalue weighted by Crippen LogP contribution is -2.74. The molecule has 0 aromatic heterocycles. The average Bonchev–Trinajstić information content (AvgIpc) is 2.72. The van der Waals surface area contributed by atoms with Crippen molar-refractivity contribution in [3.63, 3.8) is 0 Å². The van der Waals surface area contributed by atoms with Gasteiger partial charge >= 0.3 is 47.6 Å². The number of alkyl halides is 17. The van der Waals surface area contributed by atoms with Gasteiger partial charge in [-0.25, -0.2) is 0 Å². The van der Waals surface area contributed by atoms with Gasteiger partial charge < -0.3 is 5.32 Å². The minimum atomic E-state index is -8.62. The van der Waals surface area contributed by atoms with E-state index in [1.165, 1.54) is 44.2 Å². The number of nitrogens with one attached hydrogen (secondary N) is 1. The van der Waals surface area contributed by atoms with Gasteiger partial charge in [-0.3, -0.25) is 0 Å². The molecule has 1 aromatic carbocycles. The first-order chi connectivity index (χ1) is 16.1. The first-order valence-corrected chi connectivity index (χ1v) is 9.58. The van der Waals surface area contributed by atoms with E-state index in [0.717, 1.165) is 0 Å². The standard InChI is InChI=1S/C19H16F17N/c1-11(2,10-6-4-3-5-7-10)37-9-8-12(20,21)13(22,23)14(24,25)15(26,27)16(28,29)17(30,31)18(32,33)19(34,35)36/h3-7,37H,8-9H2,1-2H3. The van der Waals surface area contributed by atoms with Crippen molar-refractivity contribution in [3.05, 3.63) is 35.9 Å². The van der Waals surface area contributed by atoms with Crippen molar-refractivity contribution in [2.75, 3.05) is 6.54 Å². The van der Waals surface area contributed by atoms with Gasteiger partial charge in [0.25, 0.3) is 0 Å². The van der Waals surface area contributed by atoms with Gasteiger partial charge in [-0.2, -0.15) is 74.6 Å². The number of rotatable bonds is 11. The van der Waals surface area contributed by atoms with E-state index in [-0.39, 0.29) is 0 Å². The van der Waals surface area contributed by atoms with E-state index in [1.54, 1.807) is 0 Å². The number of hydrogen-bond acceptors (Lipinski definition) is 1. The third kappa shape index (κ3) is 5.05. The third-order valence-electron chi connectivity index (χ3n) is 5.29. The fraction of sp³-hybridized carbons (Fsp3) is 0.684. The summed E-state index contributed by atoms with van der Waals surface area (Å²) < 4.78 is 226. The Morgan fingerprint density at radius 3 is 1.24 bits per heavy atom. The maximum atomic E-state index is 13.9. The van der Waals surface area contributed by atoms with Gasteiger partial charge in [0.2, 0.25) is 0 Å². The smallest absolute Gasteiger partial charge is 0.308 e. The highest BCUT2D eigenvalue weighted by Crippen LogP contribution is 2.64. The number of halogens is 17. The highest BCUT2D eigenvalue weighted by Gasteiger charge is 2.95. The molecular formula is C19H16F17N. The Morgan fingerprint density at radius 1 is 0.514 bits per heavy atom. The molecule has 37 heavy (non-hydrogen) atoms. The van der Waals surface area contributed by atoms with Gasteiger partial charge in [-0.15, -0.1) is 0 Å². The molecule has 0 radical (unpaired) electrons. The topological polar surface area (TPSA) is 12.0 Å². The third-order valence-corrected chi connectivity index (χ3v) is 5.29. The Hall–Kier alpha value is -2.01. The fourth-order valence-electron chi connectivity index (χ4n) is 2.84. The van der Waals surface area contributed by atoms with E-state index in [2.05, 4.69) is 5.32 Å². The molecule has 0 atom stereocenters. The monoisotopic (exact) mass is 581 g/mol. The van der Waals surface area contributed by atoms with E-state index in [0.29, 0.717) is 5.56 Å². The summed E-state index contributed by atoms with van der Waals surface area (Å²) >= 11 is 0. The van der Waals surface area contributed by atoms with Crippen LogP contribution in [-0.2, 0) is 5.54 Å². The van der Waals surface area contributed by atoms with Crippen molar-refractivity contribution >= 4 is 0 Å². The molecule has 0 saturated carbocycles. The van der Waals surface area contributed by atoms with Crippen LogP contribution in [0.25, 0.3) is 0 Å². The van der Waals surface area contributed by atoms with Gasteiger partial charge in [0.15, 0.2) is 0 Å². The molecule has 0 spiro atoms. The first kappa shape index (κ1) is 33.0. The van der Waals surface area contributed by atoms with Gasteiger partial charge in [0.05, 0.1) is 0 Å². The van der Waals surface area contributed by atoms with Crippen LogP contribution in [0.4, 0.5) is 74.6 Å². The van der Waals surface area contributed by atoms with Crippen molar-refractivity contribution in [2.45, 2.75) is 73.4 Å². The summed E-state index contributed by atoms with van der Waals surface area (Å²) in [7, 11) is 0.